The van der Waals surface area contributed by atoms with Crippen molar-refractivity contribution >= 4 is 0 Å². The van der Waals surface area contributed by atoms with Gasteiger partial charge < -0.3 is 19.7 Å². The molecule has 2 N–H and O–H groups in total. The van der Waals surface area contributed by atoms with Gasteiger partial charge in [-0.2, -0.15) is 0 Å². The number of hydrogen-bond acceptors (Lipinski definition) is 4. The lowest BCUT2D eigenvalue weighted by atomic mass is 9.98. The minimum absolute atomic E-state index is 0.0460. The van der Waals surface area contributed by atoms with Crippen LogP contribution in [0.4, 0.5) is 0 Å². The summed E-state index contributed by atoms with van der Waals surface area (Å²) >= 11 is 0. The zero-order chi connectivity index (χ0) is 11.5. The van der Waals surface area contributed by atoms with E-state index in [2.05, 4.69) is 0 Å². The first-order valence-corrected chi connectivity index (χ1v) is 5.41. The van der Waals surface area contributed by atoms with Crippen LogP contribution in [0.1, 0.15) is 18.6 Å². The van der Waals surface area contributed by atoms with Gasteiger partial charge in [0.15, 0.2) is 11.5 Å². The molecular weight excluding hydrogens is 208 g/mol. The molecule has 2 rings (SSSR count). The number of fused-ring (bicyclic) bond motifs is 1. The molecule has 0 radical (unpaired) electrons. The first-order chi connectivity index (χ1) is 7.72. The molecule has 1 aliphatic heterocycles. The Labute approximate surface area is 94.4 Å². The summed E-state index contributed by atoms with van der Waals surface area (Å²) in [6.07, 6.45) is -0.680. The molecule has 2 atom stereocenters. The van der Waals surface area contributed by atoms with E-state index in [4.69, 9.17) is 14.6 Å². The first kappa shape index (κ1) is 11.2. The standard InChI is InChI=1S/C12H16O4/c1-8(7-13)12(14)9-2-3-10-11(6-9)16-5-4-15-10/h2-3,6,8,12-14H,4-5,7H2,1H3. The molecule has 4 heteroatoms. The first-order valence-electron chi connectivity index (χ1n) is 5.41. The molecule has 88 valence electrons. The highest BCUT2D eigenvalue weighted by atomic mass is 16.6. The summed E-state index contributed by atoms with van der Waals surface area (Å²) in [7, 11) is 0. The van der Waals surface area contributed by atoms with Gasteiger partial charge in [0.05, 0.1) is 6.10 Å². The molecule has 1 aromatic rings. The molecule has 16 heavy (non-hydrogen) atoms. The summed E-state index contributed by atoms with van der Waals surface area (Å²) in [4.78, 5) is 0. The fourth-order valence-corrected chi connectivity index (χ4v) is 1.67. The van der Waals surface area contributed by atoms with E-state index in [1.807, 2.05) is 0 Å². The zero-order valence-corrected chi connectivity index (χ0v) is 9.22. The van der Waals surface area contributed by atoms with E-state index in [9.17, 15) is 5.11 Å². The summed E-state index contributed by atoms with van der Waals surface area (Å²) in [5.41, 5.74) is 0.741. The third kappa shape index (κ3) is 2.13. The summed E-state index contributed by atoms with van der Waals surface area (Å²) in [6, 6.07) is 5.35. The molecular formula is C12H16O4. The fourth-order valence-electron chi connectivity index (χ4n) is 1.67. The predicted octanol–water partition coefficient (Wildman–Crippen LogP) is 1.12. The average molecular weight is 224 g/mol. The van der Waals surface area contributed by atoms with E-state index in [0.717, 1.165) is 5.56 Å². The highest BCUT2D eigenvalue weighted by Gasteiger charge is 2.19. The number of aliphatic hydroxyl groups excluding tert-OH is 2. The average Bonchev–Trinajstić information content (AvgIpc) is 2.36. The van der Waals surface area contributed by atoms with Crippen LogP contribution in [0.25, 0.3) is 0 Å². The Morgan fingerprint density at radius 1 is 1.25 bits per heavy atom. The fraction of sp³-hybridized carbons (Fsp3) is 0.500. The zero-order valence-electron chi connectivity index (χ0n) is 9.22. The topological polar surface area (TPSA) is 58.9 Å². The van der Waals surface area contributed by atoms with Gasteiger partial charge in [0.1, 0.15) is 13.2 Å². The summed E-state index contributed by atoms with van der Waals surface area (Å²) in [5.74, 6) is 1.18. The van der Waals surface area contributed by atoms with Gasteiger partial charge in [0, 0.05) is 12.5 Å². The second kappa shape index (κ2) is 4.72. The molecule has 0 amide bonds. The molecule has 0 bridgehead atoms. The van der Waals surface area contributed by atoms with Crippen molar-refractivity contribution in [1.82, 2.24) is 0 Å². The molecule has 4 nitrogen and oxygen atoms in total. The second-order valence-corrected chi connectivity index (χ2v) is 4.01. The second-order valence-electron chi connectivity index (χ2n) is 4.01. The Hall–Kier alpha value is -1.26. The lowest BCUT2D eigenvalue weighted by Crippen LogP contribution is -2.17. The van der Waals surface area contributed by atoms with Crippen LogP contribution in [0.2, 0.25) is 0 Å². The lowest BCUT2D eigenvalue weighted by Gasteiger charge is -2.22. The monoisotopic (exact) mass is 224 g/mol. The van der Waals surface area contributed by atoms with Gasteiger partial charge in [0.2, 0.25) is 0 Å². The molecule has 2 unspecified atom stereocenters. The molecule has 1 heterocycles. The highest BCUT2D eigenvalue weighted by Crippen LogP contribution is 2.34. The van der Waals surface area contributed by atoms with Gasteiger partial charge >= 0.3 is 0 Å². The Bertz CT molecular complexity index is 364. The van der Waals surface area contributed by atoms with E-state index >= 15 is 0 Å². The molecule has 0 saturated heterocycles. The van der Waals surface area contributed by atoms with Gasteiger partial charge in [-0.3, -0.25) is 0 Å². The Kier molecular flexibility index (Phi) is 3.31. The minimum atomic E-state index is -0.680. The van der Waals surface area contributed by atoms with Crippen LogP contribution < -0.4 is 9.47 Å². The molecule has 1 aliphatic rings. The van der Waals surface area contributed by atoms with Gasteiger partial charge in [-0.05, 0) is 17.7 Å². The molecule has 0 aromatic heterocycles. The van der Waals surface area contributed by atoms with Crippen LogP contribution in [0.3, 0.4) is 0 Å². The number of hydrogen-bond donors (Lipinski definition) is 2. The molecule has 0 fully saturated rings. The van der Waals surface area contributed by atoms with Crippen LogP contribution in [0.5, 0.6) is 11.5 Å². The number of aliphatic hydroxyl groups is 2. The maximum Gasteiger partial charge on any atom is 0.161 e. The normalized spacial score (nSPS) is 17.9. The smallest absolute Gasteiger partial charge is 0.161 e. The van der Waals surface area contributed by atoms with Crippen LogP contribution >= 0.6 is 0 Å². The van der Waals surface area contributed by atoms with Crippen LogP contribution in [0.15, 0.2) is 18.2 Å². The SMILES string of the molecule is CC(CO)C(O)c1ccc2c(c1)OCCO2. The summed E-state index contributed by atoms with van der Waals surface area (Å²) in [6.45, 7) is 2.83. The maximum absolute atomic E-state index is 9.93. The van der Waals surface area contributed by atoms with Crippen molar-refractivity contribution in [2.24, 2.45) is 5.92 Å². The van der Waals surface area contributed by atoms with Crippen molar-refractivity contribution in [3.8, 4) is 11.5 Å². The van der Waals surface area contributed by atoms with Crippen molar-refractivity contribution in [2.75, 3.05) is 19.8 Å². The van der Waals surface area contributed by atoms with E-state index in [1.54, 1.807) is 25.1 Å². The lowest BCUT2D eigenvalue weighted by molar-refractivity contribution is 0.0764. The van der Waals surface area contributed by atoms with Gasteiger partial charge in [-0.1, -0.05) is 13.0 Å². The van der Waals surface area contributed by atoms with E-state index in [-0.39, 0.29) is 12.5 Å². The molecule has 0 aliphatic carbocycles. The van der Waals surface area contributed by atoms with Gasteiger partial charge in [0.25, 0.3) is 0 Å². The van der Waals surface area contributed by atoms with E-state index in [1.165, 1.54) is 0 Å². The third-order valence-corrected chi connectivity index (χ3v) is 2.73. The Balaban J connectivity index is 2.22. The van der Waals surface area contributed by atoms with E-state index < -0.39 is 6.10 Å². The molecule has 0 saturated carbocycles. The Morgan fingerprint density at radius 2 is 1.94 bits per heavy atom. The molecule has 0 spiro atoms. The van der Waals surface area contributed by atoms with Crippen LogP contribution in [-0.2, 0) is 0 Å². The minimum Gasteiger partial charge on any atom is -0.486 e. The predicted molar refractivity (Wildman–Crippen MR) is 58.6 cm³/mol. The Morgan fingerprint density at radius 3 is 2.62 bits per heavy atom. The summed E-state index contributed by atoms with van der Waals surface area (Å²) < 4.78 is 10.8. The van der Waals surface area contributed by atoms with Crippen LogP contribution in [-0.4, -0.2) is 30.0 Å². The quantitative estimate of drug-likeness (QED) is 0.807. The number of benzene rings is 1. The third-order valence-electron chi connectivity index (χ3n) is 2.73. The van der Waals surface area contributed by atoms with Gasteiger partial charge in [-0.25, -0.2) is 0 Å². The van der Waals surface area contributed by atoms with Crippen molar-refractivity contribution in [1.29, 1.82) is 0 Å². The van der Waals surface area contributed by atoms with Crippen molar-refractivity contribution in [2.45, 2.75) is 13.0 Å². The largest absolute Gasteiger partial charge is 0.486 e. The summed E-state index contributed by atoms with van der Waals surface area (Å²) in [5, 5.41) is 18.9. The van der Waals surface area contributed by atoms with Crippen molar-refractivity contribution in [3.05, 3.63) is 23.8 Å². The van der Waals surface area contributed by atoms with Crippen molar-refractivity contribution in [3.63, 3.8) is 0 Å². The number of ether oxygens (including phenoxy) is 2. The van der Waals surface area contributed by atoms with Crippen LogP contribution in [0, 0.1) is 5.92 Å². The highest BCUT2D eigenvalue weighted by molar-refractivity contribution is 5.44. The van der Waals surface area contributed by atoms with E-state index in [0.29, 0.717) is 24.7 Å². The maximum atomic E-state index is 9.93. The van der Waals surface area contributed by atoms with Crippen molar-refractivity contribution < 1.29 is 19.7 Å². The number of rotatable bonds is 3. The molecule has 1 aromatic carbocycles. The van der Waals surface area contributed by atoms with Gasteiger partial charge in [-0.15, -0.1) is 0 Å².